The third kappa shape index (κ3) is 6.21. The minimum Gasteiger partial charge on any atom is -0.497 e. The predicted octanol–water partition coefficient (Wildman–Crippen LogP) is 5.80. The van der Waals surface area contributed by atoms with E-state index in [4.69, 9.17) is 14.5 Å². The summed E-state index contributed by atoms with van der Waals surface area (Å²) in [6.07, 6.45) is 2.13. The van der Waals surface area contributed by atoms with Gasteiger partial charge in [-0.25, -0.2) is 4.98 Å². The fourth-order valence-electron chi connectivity index (χ4n) is 4.50. The van der Waals surface area contributed by atoms with Gasteiger partial charge in [-0.2, -0.15) is 0 Å². The number of methoxy groups -OCH3 is 2. The van der Waals surface area contributed by atoms with Crippen LogP contribution in [0, 0.1) is 5.92 Å². The van der Waals surface area contributed by atoms with Crippen molar-refractivity contribution < 1.29 is 14.3 Å². The van der Waals surface area contributed by atoms with Crippen LogP contribution in [0.15, 0.2) is 53.9 Å². The van der Waals surface area contributed by atoms with E-state index in [9.17, 15) is 4.79 Å². The van der Waals surface area contributed by atoms with Crippen molar-refractivity contribution in [3.8, 4) is 11.5 Å². The van der Waals surface area contributed by atoms with E-state index in [0.29, 0.717) is 24.7 Å². The normalized spacial score (nSPS) is 15.3. The van der Waals surface area contributed by atoms with Crippen molar-refractivity contribution in [3.05, 3.63) is 75.7 Å². The topological polar surface area (TPSA) is 54.9 Å². The molecule has 1 aromatic heterocycles. The van der Waals surface area contributed by atoms with Gasteiger partial charge in [0.15, 0.2) is 0 Å². The molecule has 2 aromatic carbocycles. The van der Waals surface area contributed by atoms with Gasteiger partial charge in [-0.1, -0.05) is 43.3 Å². The third-order valence-electron chi connectivity index (χ3n) is 6.88. The number of nitrogens with zero attached hydrogens (tertiary/aromatic N) is 3. The maximum Gasteiger partial charge on any atom is 0.273 e. The van der Waals surface area contributed by atoms with Gasteiger partial charge < -0.3 is 14.4 Å². The van der Waals surface area contributed by atoms with E-state index >= 15 is 0 Å². The van der Waals surface area contributed by atoms with E-state index in [-0.39, 0.29) is 11.9 Å². The van der Waals surface area contributed by atoms with Crippen LogP contribution in [-0.4, -0.2) is 48.0 Å². The molecule has 0 radical (unpaired) electrons. The summed E-state index contributed by atoms with van der Waals surface area (Å²) in [6, 6.07) is 16.5. The molecule has 4 rings (SSSR count). The average molecular weight is 494 g/mol. The first-order chi connectivity index (χ1) is 17.0. The number of thiazole rings is 1. The first-order valence-corrected chi connectivity index (χ1v) is 13.1. The number of ether oxygens (including phenoxy) is 2. The highest BCUT2D eigenvalue weighted by Crippen LogP contribution is 2.31. The zero-order chi connectivity index (χ0) is 24.8. The second kappa shape index (κ2) is 11.7. The molecule has 7 heteroatoms. The highest BCUT2D eigenvalue weighted by atomic mass is 32.1. The summed E-state index contributed by atoms with van der Waals surface area (Å²) in [6.45, 7) is 7.42. The second-order valence-electron chi connectivity index (χ2n) is 9.27. The Labute approximate surface area is 212 Å². The summed E-state index contributed by atoms with van der Waals surface area (Å²) >= 11 is 1.56. The molecule has 0 N–H and O–H groups in total. The Morgan fingerprint density at radius 2 is 1.86 bits per heavy atom. The Balaban J connectivity index is 1.55. The highest BCUT2D eigenvalue weighted by molar-refractivity contribution is 7.09. The third-order valence-corrected chi connectivity index (χ3v) is 7.71. The molecule has 3 aromatic rings. The van der Waals surface area contributed by atoms with Crippen LogP contribution < -0.4 is 9.47 Å². The summed E-state index contributed by atoms with van der Waals surface area (Å²) in [5, 5.41) is 2.85. The van der Waals surface area contributed by atoms with Crippen molar-refractivity contribution in [3.63, 3.8) is 0 Å². The van der Waals surface area contributed by atoms with Crippen LogP contribution in [0.25, 0.3) is 0 Å². The lowest BCUT2D eigenvalue weighted by atomic mass is 9.99. The summed E-state index contributed by atoms with van der Waals surface area (Å²) in [5.74, 6) is 2.30. The van der Waals surface area contributed by atoms with Crippen LogP contribution in [0.2, 0.25) is 0 Å². The van der Waals surface area contributed by atoms with Gasteiger partial charge in [-0.15, -0.1) is 11.3 Å². The van der Waals surface area contributed by atoms with Gasteiger partial charge in [-0.3, -0.25) is 9.69 Å². The number of piperidine rings is 1. The van der Waals surface area contributed by atoms with Gasteiger partial charge in [-0.05, 0) is 37.3 Å². The van der Waals surface area contributed by atoms with Gasteiger partial charge in [0.25, 0.3) is 5.91 Å². The second-order valence-corrected chi connectivity index (χ2v) is 10.2. The Morgan fingerprint density at radius 1 is 1.11 bits per heavy atom. The SMILES string of the molecule is COc1ccc(CN(Cc2nc(C(=O)N3CCC(C)CC3)cs2)C(C)c2ccccc2)c(OC)c1. The number of likely N-dealkylation sites (tertiary alicyclic amines) is 1. The van der Waals surface area contributed by atoms with Crippen molar-refractivity contribution in [2.45, 2.75) is 45.8 Å². The largest absolute Gasteiger partial charge is 0.497 e. The lowest BCUT2D eigenvalue weighted by Crippen LogP contribution is -2.38. The van der Waals surface area contributed by atoms with Crippen LogP contribution in [0.3, 0.4) is 0 Å². The van der Waals surface area contributed by atoms with Crippen LogP contribution in [0.4, 0.5) is 0 Å². The molecular formula is C28H35N3O3S. The predicted molar refractivity (Wildman–Crippen MR) is 140 cm³/mol. The van der Waals surface area contributed by atoms with E-state index < -0.39 is 0 Å². The molecule has 1 saturated heterocycles. The Kier molecular flexibility index (Phi) is 8.42. The quantitative estimate of drug-likeness (QED) is 0.377. The summed E-state index contributed by atoms with van der Waals surface area (Å²) < 4.78 is 11.0. The molecule has 0 saturated carbocycles. The van der Waals surface area contributed by atoms with Crippen LogP contribution >= 0.6 is 11.3 Å². The Hall–Kier alpha value is -2.90. The fraction of sp³-hybridized carbons (Fsp3) is 0.429. The van der Waals surface area contributed by atoms with Gasteiger partial charge in [0.1, 0.15) is 22.2 Å². The van der Waals surface area contributed by atoms with E-state index in [1.54, 1.807) is 25.6 Å². The fourth-order valence-corrected chi connectivity index (χ4v) is 5.30. The van der Waals surface area contributed by atoms with Crippen LogP contribution in [0.1, 0.15) is 59.4 Å². The van der Waals surface area contributed by atoms with Crippen molar-refractivity contribution in [2.24, 2.45) is 5.92 Å². The number of carbonyl (C=O) groups excluding carboxylic acids is 1. The Bertz CT molecular complexity index is 1110. The molecule has 0 spiro atoms. The van der Waals surface area contributed by atoms with Crippen molar-refractivity contribution >= 4 is 17.2 Å². The zero-order valence-electron chi connectivity index (χ0n) is 21.1. The summed E-state index contributed by atoms with van der Waals surface area (Å²) in [7, 11) is 3.34. The van der Waals surface area contributed by atoms with Gasteiger partial charge in [0.2, 0.25) is 0 Å². The van der Waals surface area contributed by atoms with E-state index in [1.807, 2.05) is 28.5 Å². The molecule has 0 aliphatic carbocycles. The van der Waals surface area contributed by atoms with Crippen molar-refractivity contribution in [1.82, 2.24) is 14.8 Å². The van der Waals surface area contributed by atoms with Crippen LogP contribution in [-0.2, 0) is 13.1 Å². The molecule has 1 aliphatic rings. The number of hydrogen-bond donors (Lipinski definition) is 0. The summed E-state index contributed by atoms with van der Waals surface area (Å²) in [4.78, 5) is 22.1. The molecule has 0 bridgehead atoms. The molecular weight excluding hydrogens is 458 g/mol. The van der Waals surface area contributed by atoms with Crippen molar-refractivity contribution in [1.29, 1.82) is 0 Å². The standard InChI is InChI=1S/C28H35N3O3S/c1-20-12-14-30(15-13-20)28(32)25-19-35-27(29-25)18-31(21(2)22-8-6-5-7-9-22)17-23-10-11-24(33-3)16-26(23)34-4/h5-11,16,19-21H,12-15,17-18H2,1-4H3. The first kappa shape index (κ1) is 25.2. The number of benzene rings is 2. The summed E-state index contributed by atoms with van der Waals surface area (Å²) in [5.41, 5.74) is 2.87. The highest BCUT2D eigenvalue weighted by Gasteiger charge is 2.25. The molecule has 6 nitrogen and oxygen atoms in total. The average Bonchev–Trinajstić information content (AvgIpc) is 3.37. The molecule has 1 aliphatic heterocycles. The monoisotopic (exact) mass is 493 g/mol. The molecule has 2 heterocycles. The minimum atomic E-state index is 0.0545. The zero-order valence-corrected chi connectivity index (χ0v) is 21.9. The number of carbonyl (C=O) groups is 1. The van der Waals surface area contributed by atoms with Gasteiger partial charge >= 0.3 is 0 Å². The number of amides is 1. The number of rotatable bonds is 9. The molecule has 1 atom stereocenters. The maximum atomic E-state index is 13.0. The van der Waals surface area contributed by atoms with Crippen molar-refractivity contribution in [2.75, 3.05) is 27.3 Å². The smallest absolute Gasteiger partial charge is 0.273 e. The van der Waals surface area contributed by atoms with Gasteiger partial charge in [0, 0.05) is 42.7 Å². The number of hydrogen-bond acceptors (Lipinski definition) is 6. The van der Waals surface area contributed by atoms with E-state index in [0.717, 1.165) is 48.0 Å². The van der Waals surface area contributed by atoms with Gasteiger partial charge in [0.05, 0.1) is 20.8 Å². The molecule has 186 valence electrons. The van der Waals surface area contributed by atoms with E-state index in [2.05, 4.69) is 49.1 Å². The molecule has 35 heavy (non-hydrogen) atoms. The number of aromatic nitrogens is 1. The molecule has 1 fully saturated rings. The van der Waals surface area contributed by atoms with E-state index in [1.165, 1.54) is 5.56 Å². The minimum absolute atomic E-state index is 0.0545. The maximum absolute atomic E-state index is 13.0. The Morgan fingerprint density at radius 3 is 2.54 bits per heavy atom. The lowest BCUT2D eigenvalue weighted by Gasteiger charge is -2.30. The molecule has 1 unspecified atom stereocenters. The van der Waals surface area contributed by atoms with Crippen LogP contribution in [0.5, 0.6) is 11.5 Å². The first-order valence-electron chi connectivity index (χ1n) is 12.2. The molecule has 1 amide bonds. The lowest BCUT2D eigenvalue weighted by molar-refractivity contribution is 0.0691.